The van der Waals surface area contributed by atoms with Crippen LogP contribution in [0.4, 0.5) is 0 Å². The number of fused-ring (bicyclic) bond motifs is 3. The van der Waals surface area contributed by atoms with Gasteiger partial charge in [-0.05, 0) is 24.5 Å². The first-order valence-corrected chi connectivity index (χ1v) is 6.57. The zero-order chi connectivity index (χ0) is 12.6. The quantitative estimate of drug-likeness (QED) is 0.823. The molecule has 0 radical (unpaired) electrons. The van der Waals surface area contributed by atoms with Crippen LogP contribution in [0, 0.1) is 12.3 Å². The van der Waals surface area contributed by atoms with E-state index in [1.807, 2.05) is 0 Å². The van der Waals surface area contributed by atoms with Gasteiger partial charge in [0.2, 0.25) is 0 Å². The molecule has 3 heteroatoms. The normalized spacial score (nSPS) is 34.8. The Bertz CT molecular complexity index is 417. The Morgan fingerprint density at radius 2 is 1.67 bits per heavy atom. The van der Waals surface area contributed by atoms with Crippen molar-refractivity contribution in [1.82, 2.24) is 0 Å². The van der Waals surface area contributed by atoms with Crippen LogP contribution in [0.15, 0.2) is 24.3 Å². The van der Waals surface area contributed by atoms with Gasteiger partial charge in [0.15, 0.2) is 0 Å². The third-order valence-electron chi connectivity index (χ3n) is 3.88. The van der Waals surface area contributed by atoms with Crippen molar-refractivity contribution in [3.63, 3.8) is 0 Å². The van der Waals surface area contributed by atoms with E-state index in [1.165, 1.54) is 11.1 Å². The van der Waals surface area contributed by atoms with Crippen molar-refractivity contribution in [3.8, 4) is 0 Å². The van der Waals surface area contributed by atoms with Crippen molar-refractivity contribution in [3.05, 3.63) is 35.4 Å². The lowest BCUT2D eigenvalue weighted by atomic mass is 9.91. The molecule has 3 aliphatic heterocycles. The summed E-state index contributed by atoms with van der Waals surface area (Å²) in [6.45, 7) is 6.48. The Hall–Kier alpha value is -0.900. The fourth-order valence-corrected chi connectivity index (χ4v) is 2.50. The molecule has 0 unspecified atom stereocenters. The van der Waals surface area contributed by atoms with Gasteiger partial charge in [-0.1, -0.05) is 31.2 Å². The Morgan fingerprint density at radius 1 is 1.06 bits per heavy atom. The number of hydrogen-bond donors (Lipinski definition) is 0. The van der Waals surface area contributed by atoms with Gasteiger partial charge in [-0.15, -0.1) is 0 Å². The number of rotatable bonds is 3. The highest BCUT2D eigenvalue weighted by molar-refractivity contribution is 5.25. The highest BCUT2D eigenvalue weighted by atomic mass is 16.9. The number of hydrogen-bond acceptors (Lipinski definition) is 3. The zero-order valence-corrected chi connectivity index (χ0v) is 11.1. The molecule has 3 fully saturated rings. The average molecular weight is 248 g/mol. The van der Waals surface area contributed by atoms with Crippen molar-refractivity contribution in [2.24, 2.45) is 5.41 Å². The maximum Gasteiger partial charge on any atom is 0.283 e. The Kier molecular flexibility index (Phi) is 2.93. The predicted molar refractivity (Wildman–Crippen MR) is 68.2 cm³/mol. The number of benzene rings is 1. The first-order valence-electron chi connectivity index (χ1n) is 6.57. The zero-order valence-electron chi connectivity index (χ0n) is 11.1. The van der Waals surface area contributed by atoms with Crippen molar-refractivity contribution in [1.29, 1.82) is 0 Å². The molecule has 1 aromatic carbocycles. The summed E-state index contributed by atoms with van der Waals surface area (Å²) in [5, 5.41) is 0. The molecule has 0 atom stereocenters. The standard InChI is InChI=1S/C15H20O3/c1-12-5-3-4-6-13(12)7-8-15-16-9-14(2,10-17-15)11-18-15/h3-6H,7-11H2,1-2H3. The molecule has 0 N–H and O–H groups in total. The van der Waals surface area contributed by atoms with Gasteiger partial charge in [-0.3, -0.25) is 0 Å². The monoisotopic (exact) mass is 248 g/mol. The molecule has 1 aromatic rings. The summed E-state index contributed by atoms with van der Waals surface area (Å²) >= 11 is 0. The largest absolute Gasteiger partial charge is 0.327 e. The van der Waals surface area contributed by atoms with E-state index in [-0.39, 0.29) is 5.41 Å². The second-order valence-electron chi connectivity index (χ2n) is 5.79. The van der Waals surface area contributed by atoms with Gasteiger partial charge in [0.25, 0.3) is 5.97 Å². The Balaban J connectivity index is 1.66. The van der Waals surface area contributed by atoms with Crippen LogP contribution in [0.25, 0.3) is 0 Å². The van der Waals surface area contributed by atoms with E-state index < -0.39 is 5.97 Å². The molecule has 3 heterocycles. The van der Waals surface area contributed by atoms with E-state index >= 15 is 0 Å². The van der Waals surface area contributed by atoms with Gasteiger partial charge in [0.1, 0.15) is 0 Å². The summed E-state index contributed by atoms with van der Waals surface area (Å²) in [4.78, 5) is 0. The van der Waals surface area contributed by atoms with Crippen LogP contribution in [-0.2, 0) is 20.6 Å². The van der Waals surface area contributed by atoms with Gasteiger partial charge in [0.05, 0.1) is 19.8 Å². The fraction of sp³-hybridized carbons (Fsp3) is 0.600. The van der Waals surface area contributed by atoms with Crippen LogP contribution in [-0.4, -0.2) is 25.8 Å². The lowest BCUT2D eigenvalue weighted by molar-refractivity contribution is -0.467. The summed E-state index contributed by atoms with van der Waals surface area (Å²) in [5.41, 5.74) is 2.69. The molecule has 0 aromatic heterocycles. The minimum absolute atomic E-state index is 0.0460. The van der Waals surface area contributed by atoms with Crippen LogP contribution in [0.1, 0.15) is 24.5 Å². The molecule has 3 saturated heterocycles. The second-order valence-corrected chi connectivity index (χ2v) is 5.79. The highest BCUT2D eigenvalue weighted by Crippen LogP contribution is 2.40. The molecule has 18 heavy (non-hydrogen) atoms. The molecule has 2 bridgehead atoms. The van der Waals surface area contributed by atoms with E-state index in [0.29, 0.717) is 0 Å². The van der Waals surface area contributed by atoms with Crippen LogP contribution < -0.4 is 0 Å². The molecule has 3 aliphatic rings. The van der Waals surface area contributed by atoms with Gasteiger partial charge in [-0.25, -0.2) is 0 Å². The number of ether oxygens (including phenoxy) is 3. The molecule has 4 rings (SSSR count). The maximum absolute atomic E-state index is 5.78. The molecule has 98 valence electrons. The molecule has 0 amide bonds. The van der Waals surface area contributed by atoms with E-state index in [0.717, 1.165) is 32.7 Å². The third kappa shape index (κ3) is 2.18. The number of aryl methyl sites for hydroxylation is 2. The minimum Gasteiger partial charge on any atom is -0.327 e. The van der Waals surface area contributed by atoms with Crippen LogP contribution in [0.5, 0.6) is 0 Å². The van der Waals surface area contributed by atoms with Gasteiger partial charge in [0, 0.05) is 11.8 Å². The molecule has 0 spiro atoms. The third-order valence-corrected chi connectivity index (χ3v) is 3.88. The summed E-state index contributed by atoms with van der Waals surface area (Å²) in [6.07, 6.45) is 1.68. The topological polar surface area (TPSA) is 27.7 Å². The van der Waals surface area contributed by atoms with Crippen molar-refractivity contribution < 1.29 is 14.2 Å². The molecule has 0 saturated carbocycles. The van der Waals surface area contributed by atoms with Crippen LogP contribution in [0.2, 0.25) is 0 Å². The molecule has 3 nitrogen and oxygen atoms in total. The predicted octanol–water partition coefficient (Wildman–Crippen LogP) is 2.66. The summed E-state index contributed by atoms with van der Waals surface area (Å²) in [5.74, 6) is -0.792. The lowest BCUT2D eigenvalue weighted by Crippen LogP contribution is -2.59. The highest BCUT2D eigenvalue weighted by Gasteiger charge is 2.49. The van der Waals surface area contributed by atoms with E-state index in [1.54, 1.807) is 0 Å². The van der Waals surface area contributed by atoms with Gasteiger partial charge >= 0.3 is 0 Å². The van der Waals surface area contributed by atoms with Crippen LogP contribution in [0.3, 0.4) is 0 Å². The van der Waals surface area contributed by atoms with Crippen molar-refractivity contribution in [2.75, 3.05) is 19.8 Å². The van der Waals surface area contributed by atoms with E-state index in [4.69, 9.17) is 14.2 Å². The van der Waals surface area contributed by atoms with Crippen molar-refractivity contribution in [2.45, 2.75) is 32.7 Å². The Labute approximate surface area is 108 Å². The van der Waals surface area contributed by atoms with E-state index in [2.05, 4.69) is 38.1 Å². The fourth-order valence-electron chi connectivity index (χ4n) is 2.50. The SMILES string of the molecule is Cc1ccccc1CCC12OCC(C)(CO1)CO2. The van der Waals surface area contributed by atoms with Crippen LogP contribution >= 0.6 is 0 Å². The first-order chi connectivity index (χ1) is 8.61. The lowest BCUT2D eigenvalue weighted by Gasteiger charge is -2.50. The van der Waals surface area contributed by atoms with E-state index in [9.17, 15) is 0 Å². The molecular formula is C15H20O3. The molecule has 0 aliphatic carbocycles. The summed E-state index contributed by atoms with van der Waals surface area (Å²) < 4.78 is 17.4. The average Bonchev–Trinajstić information content (AvgIpc) is 2.40. The first kappa shape index (κ1) is 12.2. The van der Waals surface area contributed by atoms with Gasteiger partial charge < -0.3 is 14.2 Å². The second kappa shape index (κ2) is 4.34. The summed E-state index contributed by atoms with van der Waals surface area (Å²) in [6, 6.07) is 8.42. The van der Waals surface area contributed by atoms with Gasteiger partial charge in [-0.2, -0.15) is 0 Å². The summed E-state index contributed by atoms with van der Waals surface area (Å²) in [7, 11) is 0. The van der Waals surface area contributed by atoms with Crippen molar-refractivity contribution >= 4 is 0 Å². The minimum atomic E-state index is -0.792. The molecular weight excluding hydrogens is 228 g/mol. The smallest absolute Gasteiger partial charge is 0.283 e. The Morgan fingerprint density at radius 3 is 2.28 bits per heavy atom. The maximum atomic E-state index is 5.78.